The predicted molar refractivity (Wildman–Crippen MR) is 114 cm³/mol. The first kappa shape index (κ1) is 21.7. The van der Waals surface area contributed by atoms with Gasteiger partial charge in [0.05, 0.1) is 23.9 Å². The number of hydrogen-bond donors (Lipinski definition) is 3. The van der Waals surface area contributed by atoms with Crippen LogP contribution in [-0.2, 0) is 0 Å². The number of carbonyl (C=O) groups excluding carboxylic acids is 2. The Morgan fingerprint density at radius 1 is 1.33 bits per heavy atom. The van der Waals surface area contributed by atoms with E-state index < -0.39 is 0 Å². The Kier molecular flexibility index (Phi) is 7.02. The van der Waals surface area contributed by atoms with E-state index in [-0.39, 0.29) is 36.5 Å². The van der Waals surface area contributed by atoms with Crippen molar-refractivity contribution in [2.24, 2.45) is 5.92 Å². The molecule has 1 aromatic heterocycles. The predicted octanol–water partition coefficient (Wildman–Crippen LogP) is 1.77. The van der Waals surface area contributed by atoms with Crippen LogP contribution in [0.4, 0.5) is 5.69 Å². The summed E-state index contributed by atoms with van der Waals surface area (Å²) in [4.78, 5) is 31.6. The van der Waals surface area contributed by atoms with E-state index in [0.717, 1.165) is 0 Å². The van der Waals surface area contributed by atoms with E-state index in [4.69, 9.17) is 4.74 Å². The molecule has 8 heteroatoms. The number of rotatable bonds is 6. The molecule has 160 valence electrons. The molecule has 0 fully saturated rings. The van der Waals surface area contributed by atoms with Gasteiger partial charge < -0.3 is 25.4 Å². The third-order valence-electron chi connectivity index (χ3n) is 5.29. The van der Waals surface area contributed by atoms with Crippen LogP contribution in [-0.4, -0.2) is 65.7 Å². The summed E-state index contributed by atoms with van der Waals surface area (Å²) >= 11 is 0. The van der Waals surface area contributed by atoms with Gasteiger partial charge in [-0.25, -0.2) is 0 Å². The fourth-order valence-corrected chi connectivity index (χ4v) is 3.48. The molecule has 2 amide bonds. The van der Waals surface area contributed by atoms with Crippen molar-refractivity contribution in [2.45, 2.75) is 26.0 Å². The first-order valence-corrected chi connectivity index (χ1v) is 10.0. The number of aromatic nitrogens is 1. The molecule has 0 aliphatic carbocycles. The van der Waals surface area contributed by atoms with Crippen molar-refractivity contribution in [3.8, 4) is 5.75 Å². The number of pyridine rings is 1. The van der Waals surface area contributed by atoms with Gasteiger partial charge in [0.2, 0.25) is 0 Å². The Morgan fingerprint density at radius 3 is 2.73 bits per heavy atom. The lowest BCUT2D eigenvalue weighted by Crippen LogP contribution is -2.49. The van der Waals surface area contributed by atoms with Crippen molar-refractivity contribution >= 4 is 17.5 Å². The van der Waals surface area contributed by atoms with Gasteiger partial charge in [0.1, 0.15) is 6.10 Å². The summed E-state index contributed by atoms with van der Waals surface area (Å²) in [5, 5.41) is 15.7. The fourth-order valence-electron chi connectivity index (χ4n) is 3.48. The molecule has 3 N–H and O–H groups in total. The highest BCUT2D eigenvalue weighted by Gasteiger charge is 2.33. The summed E-state index contributed by atoms with van der Waals surface area (Å²) in [7, 11) is 1.84. The summed E-state index contributed by atoms with van der Waals surface area (Å²) in [5.41, 5.74) is 1.24. The molecule has 0 saturated carbocycles. The Morgan fingerprint density at radius 2 is 2.07 bits per heavy atom. The Labute approximate surface area is 176 Å². The van der Waals surface area contributed by atoms with Crippen molar-refractivity contribution < 1.29 is 19.4 Å². The maximum atomic E-state index is 13.3. The number of aliphatic hydroxyl groups excluding tert-OH is 1. The number of likely N-dealkylation sites (N-methyl/N-ethyl adjacent to an activating group) is 1. The standard InChI is InChI=1S/C22H28N4O4/c1-14-12-26(15(2)13-27)22(29)17-5-4-6-18(20(17)30-19(14)11-23-3)25-21(28)16-7-9-24-10-8-16/h4-10,14-15,19,23,27H,11-13H2,1-3H3,(H,25,28)/t14-,15+,19-/m0/s1. The highest BCUT2D eigenvalue weighted by molar-refractivity contribution is 6.07. The molecule has 2 heterocycles. The van der Waals surface area contributed by atoms with Crippen LogP contribution in [0.5, 0.6) is 5.75 Å². The molecule has 0 saturated heterocycles. The summed E-state index contributed by atoms with van der Waals surface area (Å²) in [5.74, 6) is -0.205. The van der Waals surface area contributed by atoms with Crippen LogP contribution in [0.25, 0.3) is 0 Å². The number of amides is 2. The van der Waals surface area contributed by atoms with E-state index in [1.54, 1.807) is 47.6 Å². The largest absolute Gasteiger partial charge is 0.486 e. The molecule has 0 spiro atoms. The maximum absolute atomic E-state index is 13.3. The van der Waals surface area contributed by atoms with Gasteiger partial charge in [0.25, 0.3) is 11.8 Å². The molecule has 2 aromatic rings. The van der Waals surface area contributed by atoms with Crippen LogP contribution >= 0.6 is 0 Å². The fraction of sp³-hybridized carbons (Fsp3) is 0.409. The number of aliphatic hydroxyl groups is 1. The summed E-state index contributed by atoms with van der Waals surface area (Å²) in [6.07, 6.45) is 2.86. The number of fused-ring (bicyclic) bond motifs is 1. The highest BCUT2D eigenvalue weighted by Crippen LogP contribution is 2.34. The van der Waals surface area contributed by atoms with Gasteiger partial charge in [-0.05, 0) is 38.2 Å². The van der Waals surface area contributed by atoms with E-state index in [9.17, 15) is 14.7 Å². The van der Waals surface area contributed by atoms with E-state index >= 15 is 0 Å². The van der Waals surface area contributed by atoms with Crippen LogP contribution in [0.3, 0.4) is 0 Å². The topological polar surface area (TPSA) is 104 Å². The number of nitrogens with one attached hydrogen (secondary N) is 2. The summed E-state index contributed by atoms with van der Waals surface area (Å²) in [6, 6.07) is 8.00. The van der Waals surface area contributed by atoms with Crippen molar-refractivity contribution in [1.82, 2.24) is 15.2 Å². The minimum Gasteiger partial charge on any atom is -0.486 e. The quantitative estimate of drug-likeness (QED) is 0.668. The van der Waals surface area contributed by atoms with Gasteiger partial charge in [-0.3, -0.25) is 14.6 Å². The van der Waals surface area contributed by atoms with Gasteiger partial charge in [0.15, 0.2) is 5.75 Å². The lowest BCUT2D eigenvalue weighted by atomic mass is 9.99. The van der Waals surface area contributed by atoms with E-state index in [2.05, 4.69) is 15.6 Å². The minimum atomic E-state index is -0.337. The molecule has 30 heavy (non-hydrogen) atoms. The third kappa shape index (κ3) is 4.60. The number of carbonyl (C=O) groups is 2. The molecule has 1 aromatic carbocycles. The van der Waals surface area contributed by atoms with Gasteiger partial charge in [-0.15, -0.1) is 0 Å². The van der Waals surface area contributed by atoms with Gasteiger partial charge in [0, 0.05) is 37.0 Å². The molecule has 1 aliphatic heterocycles. The minimum absolute atomic E-state index is 0.00695. The smallest absolute Gasteiger partial charge is 0.258 e. The van der Waals surface area contributed by atoms with Crippen molar-refractivity contribution in [3.63, 3.8) is 0 Å². The molecule has 1 aliphatic rings. The molecule has 0 radical (unpaired) electrons. The van der Waals surface area contributed by atoms with Crippen molar-refractivity contribution in [1.29, 1.82) is 0 Å². The average Bonchev–Trinajstić information content (AvgIpc) is 2.76. The number of benzene rings is 1. The lowest BCUT2D eigenvalue weighted by Gasteiger charge is -2.37. The Balaban J connectivity index is 2.03. The van der Waals surface area contributed by atoms with Crippen LogP contribution in [0.1, 0.15) is 34.6 Å². The van der Waals surface area contributed by atoms with Crippen LogP contribution in [0, 0.1) is 5.92 Å². The first-order chi connectivity index (χ1) is 14.5. The zero-order valence-electron chi connectivity index (χ0n) is 17.5. The number of hydrogen-bond acceptors (Lipinski definition) is 6. The normalized spacial score (nSPS) is 19.9. The summed E-state index contributed by atoms with van der Waals surface area (Å²) in [6.45, 7) is 4.72. The third-order valence-corrected chi connectivity index (χ3v) is 5.29. The second kappa shape index (κ2) is 9.69. The zero-order chi connectivity index (χ0) is 21.7. The van der Waals surface area contributed by atoms with Crippen LogP contribution in [0.15, 0.2) is 42.7 Å². The lowest BCUT2D eigenvalue weighted by molar-refractivity contribution is 0.0417. The first-order valence-electron chi connectivity index (χ1n) is 10.0. The van der Waals surface area contributed by atoms with Gasteiger partial charge in [-0.2, -0.15) is 0 Å². The molecule has 3 rings (SSSR count). The Bertz CT molecular complexity index is 890. The molecule has 3 atom stereocenters. The van der Waals surface area contributed by atoms with E-state index in [0.29, 0.717) is 35.7 Å². The molecule has 8 nitrogen and oxygen atoms in total. The van der Waals surface area contributed by atoms with Crippen LogP contribution < -0.4 is 15.4 Å². The van der Waals surface area contributed by atoms with E-state index in [1.807, 2.05) is 20.9 Å². The number of ether oxygens (including phenoxy) is 1. The van der Waals surface area contributed by atoms with Gasteiger partial charge >= 0.3 is 0 Å². The molecular formula is C22H28N4O4. The second-order valence-corrected chi connectivity index (χ2v) is 7.55. The van der Waals surface area contributed by atoms with Crippen LogP contribution in [0.2, 0.25) is 0 Å². The van der Waals surface area contributed by atoms with E-state index in [1.165, 1.54) is 0 Å². The SMILES string of the molecule is CNC[C@@H]1Oc2c(NC(=O)c3ccncc3)cccc2C(=O)N([C@H](C)CO)C[C@@H]1C. The molecular weight excluding hydrogens is 384 g/mol. The number of anilines is 1. The number of para-hydroxylation sites is 1. The molecule has 0 unspecified atom stereocenters. The monoisotopic (exact) mass is 412 g/mol. The zero-order valence-corrected chi connectivity index (χ0v) is 17.5. The Hall–Kier alpha value is -2.97. The van der Waals surface area contributed by atoms with Crippen molar-refractivity contribution in [2.75, 3.05) is 32.1 Å². The average molecular weight is 412 g/mol. The maximum Gasteiger partial charge on any atom is 0.258 e. The van der Waals surface area contributed by atoms with Gasteiger partial charge in [-0.1, -0.05) is 13.0 Å². The second-order valence-electron chi connectivity index (χ2n) is 7.55. The van der Waals surface area contributed by atoms with Crippen molar-refractivity contribution in [3.05, 3.63) is 53.9 Å². The summed E-state index contributed by atoms with van der Waals surface area (Å²) < 4.78 is 6.29. The number of nitrogens with zero attached hydrogens (tertiary/aromatic N) is 2. The highest BCUT2D eigenvalue weighted by atomic mass is 16.5. The molecule has 0 bridgehead atoms.